The molecule has 0 aromatic heterocycles. The predicted octanol–water partition coefficient (Wildman–Crippen LogP) is 3.35. The summed E-state index contributed by atoms with van der Waals surface area (Å²) in [5.41, 5.74) is 0.625. The fourth-order valence-electron chi connectivity index (χ4n) is 1.82. The van der Waals surface area contributed by atoms with Gasteiger partial charge in [0.05, 0.1) is 6.61 Å². The molecule has 0 bridgehead atoms. The number of amides is 1. The fraction of sp³-hybridized carbons (Fsp3) is 0.529. The first-order chi connectivity index (χ1) is 10.2. The lowest BCUT2D eigenvalue weighted by Crippen LogP contribution is -2.24. The summed E-state index contributed by atoms with van der Waals surface area (Å²) < 4.78 is 5.47. The molecule has 0 aliphatic rings. The second-order valence-electron chi connectivity index (χ2n) is 5.00. The summed E-state index contributed by atoms with van der Waals surface area (Å²) in [6, 6.07) is 7.10. The van der Waals surface area contributed by atoms with Gasteiger partial charge >= 0.3 is 0 Å². The van der Waals surface area contributed by atoms with Crippen LogP contribution in [-0.2, 0) is 4.79 Å². The Kier molecular flexibility index (Phi) is 8.17. The number of carbonyl (C=O) groups excluding carboxylic acids is 2. The lowest BCUT2D eigenvalue weighted by atomic mass is 10.1. The molecule has 0 radical (unpaired) electrons. The quantitative estimate of drug-likeness (QED) is 0.531. The monoisotopic (exact) mass is 291 g/mol. The molecular weight excluding hydrogens is 266 g/mol. The second kappa shape index (κ2) is 9.97. The van der Waals surface area contributed by atoms with Gasteiger partial charge in [-0.1, -0.05) is 20.3 Å². The molecule has 0 spiro atoms. The van der Waals surface area contributed by atoms with E-state index in [0.717, 1.165) is 25.0 Å². The van der Waals surface area contributed by atoms with Crippen molar-refractivity contribution in [2.45, 2.75) is 46.0 Å². The number of Topliss-reactive ketones (excluding diaryl/α,β-unsaturated/α-hetero) is 1. The first kappa shape index (κ1) is 17.2. The first-order valence-corrected chi connectivity index (χ1v) is 7.70. The Bertz CT molecular complexity index is 440. The molecule has 0 fully saturated rings. The largest absolute Gasteiger partial charge is 0.494 e. The van der Waals surface area contributed by atoms with Gasteiger partial charge in [0.1, 0.15) is 5.75 Å². The molecule has 1 amide bonds. The van der Waals surface area contributed by atoms with Crippen molar-refractivity contribution in [3.63, 3.8) is 0 Å². The molecule has 1 aromatic rings. The third-order valence-corrected chi connectivity index (χ3v) is 3.08. The molecule has 116 valence electrons. The van der Waals surface area contributed by atoms with Crippen LogP contribution in [0.5, 0.6) is 5.75 Å². The van der Waals surface area contributed by atoms with E-state index in [1.807, 2.05) is 6.92 Å². The summed E-state index contributed by atoms with van der Waals surface area (Å²) in [6.45, 7) is 5.48. The van der Waals surface area contributed by atoms with E-state index in [9.17, 15) is 9.59 Å². The van der Waals surface area contributed by atoms with Gasteiger partial charge in [-0.3, -0.25) is 9.59 Å². The van der Waals surface area contributed by atoms with Gasteiger partial charge in [-0.15, -0.1) is 0 Å². The molecule has 1 rings (SSSR count). The maximum absolute atomic E-state index is 12.0. The van der Waals surface area contributed by atoms with Gasteiger partial charge in [-0.25, -0.2) is 0 Å². The van der Waals surface area contributed by atoms with E-state index in [2.05, 4.69) is 12.2 Å². The summed E-state index contributed by atoms with van der Waals surface area (Å²) in [4.78, 5) is 23.5. The van der Waals surface area contributed by atoms with Crippen molar-refractivity contribution in [1.82, 2.24) is 5.32 Å². The van der Waals surface area contributed by atoms with Crippen molar-refractivity contribution in [2.75, 3.05) is 13.2 Å². The highest BCUT2D eigenvalue weighted by atomic mass is 16.5. The molecule has 0 unspecified atom stereocenters. The van der Waals surface area contributed by atoms with Crippen LogP contribution in [0.15, 0.2) is 24.3 Å². The lowest BCUT2D eigenvalue weighted by Gasteiger charge is -2.06. The molecule has 0 saturated carbocycles. The van der Waals surface area contributed by atoms with Crippen LogP contribution in [0.1, 0.15) is 56.3 Å². The number of benzene rings is 1. The van der Waals surface area contributed by atoms with Gasteiger partial charge in [-0.05, 0) is 37.1 Å². The van der Waals surface area contributed by atoms with Gasteiger partial charge < -0.3 is 10.1 Å². The summed E-state index contributed by atoms with van der Waals surface area (Å²) in [5.74, 6) is 0.702. The van der Waals surface area contributed by atoms with Gasteiger partial charge in [0.15, 0.2) is 5.78 Å². The van der Waals surface area contributed by atoms with Crippen LogP contribution in [-0.4, -0.2) is 24.8 Å². The SMILES string of the molecule is CCCCNC(=O)CCC(=O)c1ccc(OCCC)cc1. The topological polar surface area (TPSA) is 55.4 Å². The van der Waals surface area contributed by atoms with Crippen molar-refractivity contribution in [3.05, 3.63) is 29.8 Å². The molecule has 0 heterocycles. The minimum atomic E-state index is -0.0558. The first-order valence-electron chi connectivity index (χ1n) is 7.70. The van der Waals surface area contributed by atoms with Gasteiger partial charge in [0.2, 0.25) is 5.91 Å². The maximum atomic E-state index is 12.0. The molecule has 1 aromatic carbocycles. The Morgan fingerprint density at radius 3 is 2.38 bits per heavy atom. The number of unbranched alkanes of at least 4 members (excludes halogenated alkanes) is 1. The normalized spacial score (nSPS) is 10.2. The van der Waals surface area contributed by atoms with E-state index in [0.29, 0.717) is 18.7 Å². The molecule has 0 aliphatic carbocycles. The average molecular weight is 291 g/mol. The zero-order valence-electron chi connectivity index (χ0n) is 13.0. The van der Waals surface area contributed by atoms with Crippen LogP contribution in [0.3, 0.4) is 0 Å². The summed E-state index contributed by atoms with van der Waals surface area (Å²) >= 11 is 0. The molecule has 0 saturated heterocycles. The van der Waals surface area contributed by atoms with Crippen molar-refractivity contribution in [1.29, 1.82) is 0 Å². The highest BCUT2D eigenvalue weighted by molar-refractivity contribution is 5.98. The molecule has 1 N–H and O–H groups in total. The highest BCUT2D eigenvalue weighted by Gasteiger charge is 2.09. The van der Waals surface area contributed by atoms with Gasteiger partial charge in [-0.2, -0.15) is 0 Å². The van der Waals surface area contributed by atoms with Crippen LogP contribution >= 0.6 is 0 Å². The van der Waals surface area contributed by atoms with Crippen LogP contribution in [0.4, 0.5) is 0 Å². The number of hydrogen-bond acceptors (Lipinski definition) is 3. The molecule has 4 heteroatoms. The van der Waals surface area contributed by atoms with E-state index in [-0.39, 0.29) is 24.5 Å². The standard InChI is InChI=1S/C17H25NO3/c1-3-5-12-18-17(20)11-10-16(19)14-6-8-15(9-7-14)21-13-4-2/h6-9H,3-5,10-13H2,1-2H3,(H,18,20). The van der Waals surface area contributed by atoms with Crippen LogP contribution in [0.25, 0.3) is 0 Å². The van der Waals surface area contributed by atoms with E-state index in [1.54, 1.807) is 24.3 Å². The number of rotatable bonds is 10. The van der Waals surface area contributed by atoms with Crippen molar-refractivity contribution < 1.29 is 14.3 Å². The summed E-state index contributed by atoms with van der Waals surface area (Å²) in [6.07, 6.45) is 3.46. The Hall–Kier alpha value is -1.84. The maximum Gasteiger partial charge on any atom is 0.220 e. The third kappa shape index (κ3) is 6.93. The lowest BCUT2D eigenvalue weighted by molar-refractivity contribution is -0.121. The van der Waals surface area contributed by atoms with Gasteiger partial charge in [0.25, 0.3) is 0 Å². The van der Waals surface area contributed by atoms with E-state index < -0.39 is 0 Å². The van der Waals surface area contributed by atoms with E-state index >= 15 is 0 Å². The molecule has 0 aliphatic heterocycles. The number of ketones is 1. The Balaban J connectivity index is 2.36. The number of carbonyl (C=O) groups is 2. The summed E-state index contributed by atoms with van der Waals surface area (Å²) in [7, 11) is 0. The Morgan fingerprint density at radius 2 is 1.76 bits per heavy atom. The second-order valence-corrected chi connectivity index (χ2v) is 5.00. The van der Waals surface area contributed by atoms with Crippen LogP contribution < -0.4 is 10.1 Å². The zero-order chi connectivity index (χ0) is 15.5. The van der Waals surface area contributed by atoms with E-state index in [1.165, 1.54) is 0 Å². The van der Waals surface area contributed by atoms with Crippen molar-refractivity contribution >= 4 is 11.7 Å². The highest BCUT2D eigenvalue weighted by Crippen LogP contribution is 2.14. The zero-order valence-corrected chi connectivity index (χ0v) is 13.0. The summed E-state index contributed by atoms with van der Waals surface area (Å²) in [5, 5.41) is 2.81. The van der Waals surface area contributed by atoms with Gasteiger partial charge in [0, 0.05) is 24.9 Å². The Labute approximate surface area is 126 Å². The smallest absolute Gasteiger partial charge is 0.220 e. The minimum Gasteiger partial charge on any atom is -0.494 e. The molecule has 21 heavy (non-hydrogen) atoms. The van der Waals surface area contributed by atoms with Crippen LogP contribution in [0, 0.1) is 0 Å². The van der Waals surface area contributed by atoms with Crippen LogP contribution in [0.2, 0.25) is 0 Å². The average Bonchev–Trinajstić information content (AvgIpc) is 2.51. The molecule has 4 nitrogen and oxygen atoms in total. The number of nitrogens with one attached hydrogen (secondary N) is 1. The fourth-order valence-corrected chi connectivity index (χ4v) is 1.82. The predicted molar refractivity (Wildman–Crippen MR) is 83.7 cm³/mol. The third-order valence-electron chi connectivity index (χ3n) is 3.08. The van der Waals surface area contributed by atoms with Crippen molar-refractivity contribution in [3.8, 4) is 5.75 Å². The number of hydrogen-bond donors (Lipinski definition) is 1. The van der Waals surface area contributed by atoms with Crippen molar-refractivity contribution in [2.24, 2.45) is 0 Å². The molecule has 0 atom stereocenters. The van der Waals surface area contributed by atoms with E-state index in [4.69, 9.17) is 4.74 Å². The minimum absolute atomic E-state index is 0.0114. The number of ether oxygens (including phenoxy) is 1. The molecular formula is C17H25NO3. The Morgan fingerprint density at radius 1 is 1.05 bits per heavy atom.